The molecule has 5 nitrogen and oxygen atoms in total. The highest BCUT2D eigenvalue weighted by Gasteiger charge is 2.24. The fraction of sp³-hybridized carbons (Fsp3) is 0.133. The van der Waals surface area contributed by atoms with Crippen LogP contribution in [-0.4, -0.2) is 32.2 Å². The highest BCUT2D eigenvalue weighted by atomic mass is 35.5. The van der Waals surface area contributed by atoms with Crippen LogP contribution < -0.4 is 5.32 Å². The molecule has 0 saturated heterocycles. The average molecular weight is 375 g/mol. The van der Waals surface area contributed by atoms with Gasteiger partial charge in [0.05, 0.1) is 22.2 Å². The molecule has 0 aromatic heterocycles. The second-order valence-electron chi connectivity index (χ2n) is 4.89. The molecular formula is C15H13ClF2N2O3S. The molecule has 0 spiro atoms. The fourth-order valence-electron chi connectivity index (χ4n) is 1.90. The lowest BCUT2D eigenvalue weighted by molar-refractivity contribution is -0.116. The van der Waals surface area contributed by atoms with Gasteiger partial charge in [0.15, 0.2) is 0 Å². The Morgan fingerprint density at radius 1 is 1.17 bits per heavy atom. The predicted molar refractivity (Wildman–Crippen MR) is 86.3 cm³/mol. The van der Waals surface area contributed by atoms with Crippen LogP contribution in [0.25, 0.3) is 0 Å². The van der Waals surface area contributed by atoms with E-state index in [1.165, 1.54) is 0 Å². The van der Waals surface area contributed by atoms with Crippen LogP contribution in [0.15, 0.2) is 47.4 Å². The van der Waals surface area contributed by atoms with E-state index in [2.05, 4.69) is 5.32 Å². The van der Waals surface area contributed by atoms with Gasteiger partial charge in [-0.15, -0.1) is 0 Å². The number of nitrogens with zero attached hydrogens (tertiary/aromatic N) is 1. The number of anilines is 1. The van der Waals surface area contributed by atoms with E-state index in [1.54, 1.807) is 24.3 Å². The number of nitrogens with one attached hydrogen (secondary N) is 1. The number of rotatable bonds is 5. The largest absolute Gasteiger partial charge is 0.324 e. The van der Waals surface area contributed by atoms with Crippen LogP contribution in [0, 0.1) is 11.6 Å². The summed E-state index contributed by atoms with van der Waals surface area (Å²) in [5.41, 5.74) is 0.326. The molecule has 24 heavy (non-hydrogen) atoms. The summed E-state index contributed by atoms with van der Waals surface area (Å²) in [6.45, 7) is -0.550. The average Bonchev–Trinajstić information content (AvgIpc) is 2.48. The summed E-state index contributed by atoms with van der Waals surface area (Å²) >= 11 is 5.90. The van der Waals surface area contributed by atoms with Crippen LogP contribution in [0.3, 0.4) is 0 Å². The first kappa shape index (κ1) is 18.3. The minimum atomic E-state index is -4.22. The molecule has 1 amide bonds. The van der Waals surface area contributed by atoms with Crippen molar-refractivity contribution in [3.63, 3.8) is 0 Å². The standard InChI is InChI=1S/C15H13ClF2N2O3S/c1-20(9-15(21)19-14-5-3-2-4-13(14)16)24(22,23)12-7-10(17)6-11(18)8-12/h2-8H,9H2,1H3,(H,19,21). The summed E-state index contributed by atoms with van der Waals surface area (Å²) < 4.78 is 51.6. The summed E-state index contributed by atoms with van der Waals surface area (Å²) in [6, 6.07) is 8.36. The smallest absolute Gasteiger partial charge is 0.243 e. The Kier molecular flexibility index (Phi) is 5.53. The number of para-hydroxylation sites is 1. The highest BCUT2D eigenvalue weighted by molar-refractivity contribution is 7.89. The molecule has 9 heteroatoms. The zero-order chi connectivity index (χ0) is 17.9. The molecule has 0 fully saturated rings. The number of carbonyl (C=O) groups is 1. The lowest BCUT2D eigenvalue weighted by Gasteiger charge is -2.17. The summed E-state index contributed by atoms with van der Waals surface area (Å²) in [5, 5.41) is 2.76. The number of sulfonamides is 1. The number of benzene rings is 2. The highest BCUT2D eigenvalue weighted by Crippen LogP contribution is 2.21. The minimum absolute atomic E-state index is 0.295. The molecule has 0 bridgehead atoms. The van der Waals surface area contributed by atoms with E-state index in [0.29, 0.717) is 33.2 Å². The first-order valence-electron chi connectivity index (χ1n) is 6.67. The van der Waals surface area contributed by atoms with Crippen molar-refractivity contribution in [2.75, 3.05) is 18.9 Å². The van der Waals surface area contributed by atoms with Gasteiger partial charge in [0.25, 0.3) is 0 Å². The van der Waals surface area contributed by atoms with Gasteiger partial charge in [-0.25, -0.2) is 17.2 Å². The topological polar surface area (TPSA) is 66.5 Å². The summed E-state index contributed by atoms with van der Waals surface area (Å²) in [5.74, 6) is -2.70. The van der Waals surface area contributed by atoms with E-state index in [1.807, 2.05) is 0 Å². The Labute approximate surface area is 142 Å². The third-order valence-corrected chi connectivity index (χ3v) is 5.17. The third kappa shape index (κ3) is 4.28. The van der Waals surface area contributed by atoms with Crippen molar-refractivity contribution in [2.45, 2.75) is 4.90 Å². The van der Waals surface area contributed by atoms with Crippen molar-refractivity contribution >= 4 is 33.2 Å². The lowest BCUT2D eigenvalue weighted by atomic mass is 10.3. The van der Waals surface area contributed by atoms with Gasteiger partial charge < -0.3 is 5.32 Å². The molecule has 0 aliphatic carbocycles. The molecule has 0 unspecified atom stereocenters. The first-order chi connectivity index (χ1) is 11.2. The summed E-state index contributed by atoms with van der Waals surface area (Å²) in [6.07, 6.45) is 0. The van der Waals surface area contributed by atoms with E-state index >= 15 is 0 Å². The van der Waals surface area contributed by atoms with Gasteiger partial charge in [-0.1, -0.05) is 23.7 Å². The Morgan fingerprint density at radius 2 is 1.75 bits per heavy atom. The maximum absolute atomic E-state index is 13.2. The number of carbonyl (C=O) groups excluding carboxylic acids is 1. The molecule has 0 aliphatic heterocycles. The lowest BCUT2D eigenvalue weighted by Crippen LogP contribution is -2.35. The second kappa shape index (κ2) is 7.25. The SMILES string of the molecule is CN(CC(=O)Nc1ccccc1Cl)S(=O)(=O)c1cc(F)cc(F)c1. The molecule has 2 aromatic carbocycles. The molecule has 0 heterocycles. The van der Waals surface area contributed by atoms with Gasteiger partial charge in [-0.05, 0) is 24.3 Å². The Bertz CT molecular complexity index is 855. The molecule has 1 N–H and O–H groups in total. The van der Waals surface area contributed by atoms with E-state index in [4.69, 9.17) is 11.6 Å². The molecule has 0 saturated carbocycles. The minimum Gasteiger partial charge on any atom is -0.324 e. The van der Waals surface area contributed by atoms with Crippen molar-refractivity contribution in [3.8, 4) is 0 Å². The first-order valence-corrected chi connectivity index (χ1v) is 8.49. The van der Waals surface area contributed by atoms with Crippen molar-refractivity contribution in [2.24, 2.45) is 0 Å². The van der Waals surface area contributed by atoms with Crippen LogP contribution in [0.5, 0.6) is 0 Å². The molecular weight excluding hydrogens is 362 g/mol. The Morgan fingerprint density at radius 3 is 2.33 bits per heavy atom. The number of amides is 1. The van der Waals surface area contributed by atoms with Crippen molar-refractivity contribution in [1.29, 1.82) is 0 Å². The van der Waals surface area contributed by atoms with Gasteiger partial charge in [0.1, 0.15) is 11.6 Å². The van der Waals surface area contributed by atoms with Gasteiger partial charge in [0.2, 0.25) is 15.9 Å². The van der Waals surface area contributed by atoms with Crippen LogP contribution in [0.2, 0.25) is 5.02 Å². The Balaban J connectivity index is 2.14. The number of likely N-dealkylation sites (N-methyl/N-ethyl adjacent to an activating group) is 1. The van der Waals surface area contributed by atoms with E-state index < -0.39 is 39.0 Å². The maximum atomic E-state index is 13.2. The van der Waals surface area contributed by atoms with E-state index in [0.717, 1.165) is 7.05 Å². The molecule has 0 atom stereocenters. The van der Waals surface area contributed by atoms with Crippen LogP contribution >= 0.6 is 11.6 Å². The van der Waals surface area contributed by atoms with Crippen LogP contribution in [-0.2, 0) is 14.8 Å². The van der Waals surface area contributed by atoms with E-state index in [-0.39, 0.29) is 0 Å². The number of hydrogen-bond donors (Lipinski definition) is 1. The molecule has 2 rings (SSSR count). The fourth-order valence-corrected chi connectivity index (χ4v) is 3.25. The predicted octanol–water partition coefficient (Wildman–Crippen LogP) is 2.88. The van der Waals surface area contributed by atoms with Crippen molar-refractivity contribution < 1.29 is 22.0 Å². The molecule has 128 valence electrons. The van der Waals surface area contributed by atoms with Gasteiger partial charge in [0, 0.05) is 13.1 Å². The van der Waals surface area contributed by atoms with Gasteiger partial charge in [-0.3, -0.25) is 4.79 Å². The monoisotopic (exact) mass is 374 g/mol. The van der Waals surface area contributed by atoms with Crippen LogP contribution in [0.1, 0.15) is 0 Å². The maximum Gasteiger partial charge on any atom is 0.243 e. The number of halogens is 3. The normalized spacial score (nSPS) is 11.5. The van der Waals surface area contributed by atoms with E-state index in [9.17, 15) is 22.0 Å². The Hall–Kier alpha value is -2.03. The second-order valence-corrected chi connectivity index (χ2v) is 7.35. The summed E-state index contributed by atoms with van der Waals surface area (Å²) in [7, 11) is -3.09. The van der Waals surface area contributed by atoms with Crippen molar-refractivity contribution in [3.05, 3.63) is 59.1 Å². The van der Waals surface area contributed by atoms with Crippen molar-refractivity contribution in [1.82, 2.24) is 4.31 Å². The van der Waals surface area contributed by atoms with Crippen LogP contribution in [0.4, 0.5) is 14.5 Å². The zero-order valence-corrected chi connectivity index (χ0v) is 14.0. The zero-order valence-electron chi connectivity index (χ0n) is 12.5. The number of hydrogen-bond acceptors (Lipinski definition) is 3. The summed E-state index contributed by atoms with van der Waals surface area (Å²) in [4.78, 5) is 11.4. The molecule has 0 radical (unpaired) electrons. The van der Waals surface area contributed by atoms with Gasteiger partial charge in [-0.2, -0.15) is 4.31 Å². The molecule has 2 aromatic rings. The molecule has 0 aliphatic rings. The quantitative estimate of drug-likeness (QED) is 0.875. The van der Waals surface area contributed by atoms with Gasteiger partial charge >= 0.3 is 0 Å². The third-order valence-electron chi connectivity index (χ3n) is 3.06.